The SMILES string of the molecule is CC(C)CCC1OC(O)/C(O)=C(\O)C(CCO)OC(O)/C(O)=C(\O)C(CCO)OC2OC(CO)C(OC(O)/C(O)=C(\O)C(CCO)OC(O)/C(O)=C(\O)C(CCO)OC(O)C(O)C(O)C(CCO)OC(O)C(O)=C1O)C(O)C2O. The molecule has 0 aromatic heterocycles. The minimum absolute atomic E-state index is 0.0750. The molecule has 0 saturated carbocycles. The summed E-state index contributed by atoms with van der Waals surface area (Å²) in [5.74, 6) is -15.5. The maximum absolute atomic E-state index is 11.1. The van der Waals surface area contributed by atoms with Gasteiger partial charge in [0.1, 0.15) is 67.1 Å². The highest BCUT2D eigenvalue weighted by atomic mass is 16.7. The van der Waals surface area contributed by atoms with Gasteiger partial charge in [0.25, 0.3) is 0 Å². The summed E-state index contributed by atoms with van der Waals surface area (Å²) in [6.07, 6.45) is -49.5. The number of aliphatic hydroxyl groups excluding tert-OH is 26. The first-order chi connectivity index (χ1) is 37.1. The zero-order chi connectivity index (χ0) is 60.2. The third-order valence-corrected chi connectivity index (χ3v) is 11.9. The van der Waals surface area contributed by atoms with Crippen LogP contribution in [-0.4, -0.2) is 290 Å². The van der Waals surface area contributed by atoms with Crippen LogP contribution < -0.4 is 0 Å². The second kappa shape index (κ2) is 34.2. The van der Waals surface area contributed by atoms with Gasteiger partial charge in [0.05, 0.1) is 12.7 Å². The second-order valence-corrected chi connectivity index (χ2v) is 18.1. The van der Waals surface area contributed by atoms with Crippen molar-refractivity contribution in [2.45, 2.75) is 176 Å². The molecule has 79 heavy (non-hydrogen) atoms. The van der Waals surface area contributed by atoms with Crippen molar-refractivity contribution in [3.05, 3.63) is 57.6 Å². The lowest BCUT2D eigenvalue weighted by Gasteiger charge is -2.43. The Labute approximate surface area is 449 Å². The van der Waals surface area contributed by atoms with Gasteiger partial charge in [-0.15, -0.1) is 0 Å². The molecule has 1 saturated heterocycles. The molecular weight excluding hydrogens is 1080 g/mol. The second-order valence-electron chi connectivity index (χ2n) is 18.1. The highest BCUT2D eigenvalue weighted by Gasteiger charge is 2.49. The van der Waals surface area contributed by atoms with Gasteiger partial charge in [0.15, 0.2) is 70.2 Å². The average Bonchev–Trinajstić information content (AvgIpc) is 3.42. The lowest BCUT2D eigenvalue weighted by Crippen LogP contribution is -2.61. The highest BCUT2D eigenvalue weighted by Crippen LogP contribution is 2.31. The predicted molar refractivity (Wildman–Crippen MR) is 254 cm³/mol. The summed E-state index contributed by atoms with van der Waals surface area (Å²) in [7, 11) is 0. The van der Waals surface area contributed by atoms with Crippen LogP contribution in [0.1, 0.15) is 58.8 Å². The first kappa shape index (κ1) is 70.8. The first-order valence-electron chi connectivity index (χ1n) is 24.4. The summed E-state index contributed by atoms with van der Waals surface area (Å²) < 4.78 is 41.8. The molecule has 0 spiro atoms. The number of aliphatic hydroxyl groups is 26. The van der Waals surface area contributed by atoms with Crippen LogP contribution in [0.4, 0.5) is 0 Å². The Morgan fingerprint density at radius 1 is 0.316 bits per heavy atom. The molecule has 19 atom stereocenters. The van der Waals surface area contributed by atoms with E-state index < -0.39 is 247 Å². The number of rotatable bonds is 14. The maximum Gasteiger partial charge on any atom is 0.218 e. The number of ether oxygens (including phenoxy) is 8. The van der Waals surface area contributed by atoms with Gasteiger partial charge < -0.3 is 171 Å². The molecule has 3 aliphatic rings. The lowest BCUT2D eigenvalue weighted by molar-refractivity contribution is -0.329. The molecule has 1 fully saturated rings. The van der Waals surface area contributed by atoms with Gasteiger partial charge in [-0.1, -0.05) is 13.8 Å². The van der Waals surface area contributed by atoms with Gasteiger partial charge in [0.2, 0.25) is 31.5 Å². The molecule has 2 bridgehead atoms. The van der Waals surface area contributed by atoms with Crippen LogP contribution in [-0.2, 0) is 37.9 Å². The number of fused-ring (bicyclic) bond motifs is 27. The Morgan fingerprint density at radius 3 is 1.00 bits per heavy atom. The molecule has 34 nitrogen and oxygen atoms in total. The van der Waals surface area contributed by atoms with E-state index in [9.17, 15) is 133 Å². The molecule has 0 aromatic carbocycles. The van der Waals surface area contributed by atoms with E-state index in [2.05, 4.69) is 0 Å². The Kier molecular flexibility index (Phi) is 30.7. The van der Waals surface area contributed by atoms with Gasteiger partial charge in [-0.05, 0) is 25.2 Å². The van der Waals surface area contributed by atoms with Crippen LogP contribution in [0.5, 0.6) is 0 Å². The largest absolute Gasteiger partial charge is 0.506 e. The fraction of sp³-hybridized carbons (Fsp3) is 0.778. The smallest absolute Gasteiger partial charge is 0.218 e. The van der Waals surface area contributed by atoms with Crippen LogP contribution in [0, 0.1) is 5.92 Å². The molecule has 34 heteroatoms. The Morgan fingerprint density at radius 2 is 0.646 bits per heavy atom. The summed E-state index contributed by atoms with van der Waals surface area (Å²) in [6, 6.07) is 0. The molecular formula is C45H78O34. The Bertz CT molecular complexity index is 1960. The molecule has 0 aliphatic carbocycles. The third kappa shape index (κ3) is 20.0. The molecule has 0 amide bonds. The minimum Gasteiger partial charge on any atom is -0.506 e. The molecule has 3 heterocycles. The standard InChI is InChI=1S/C45H78O34/c1-16(2)3-4-17-24(52)31(59)40(67)73-19(6-11-47)26(54)33(61)41(68)74-20(7-12-48)27(55)34(62)42(69)76-21(8-13-49)28(56)36(64)44(71)79-38-23(15-51)78-45(37(65)30(38)58)77-22(9-14-50)29(57)35(63)43(70)75-18(5-10-46)25(53)32(60)39(66)72-17/h16-23,26,30,33,37-71H,3-15H2,1-2H3/b31-24?,32-25+,34-27+,35-29+,36-28+. The normalized spacial score (nSPS) is 39.9. The van der Waals surface area contributed by atoms with Crippen molar-refractivity contribution in [2.24, 2.45) is 5.92 Å². The minimum atomic E-state index is -2.83. The van der Waals surface area contributed by atoms with E-state index in [1.165, 1.54) is 0 Å². The summed E-state index contributed by atoms with van der Waals surface area (Å²) in [6.45, 7) is -2.55. The van der Waals surface area contributed by atoms with Crippen LogP contribution in [0.25, 0.3) is 0 Å². The van der Waals surface area contributed by atoms with Gasteiger partial charge in [0, 0.05) is 58.7 Å². The fourth-order valence-electron chi connectivity index (χ4n) is 7.44. The zero-order valence-corrected chi connectivity index (χ0v) is 42.6. The van der Waals surface area contributed by atoms with Gasteiger partial charge in [-0.3, -0.25) is 0 Å². The molecule has 3 rings (SSSR count). The van der Waals surface area contributed by atoms with Gasteiger partial charge in [-0.2, -0.15) is 0 Å². The van der Waals surface area contributed by atoms with E-state index in [1.807, 2.05) is 0 Å². The van der Waals surface area contributed by atoms with Crippen molar-refractivity contribution in [2.75, 3.05) is 39.6 Å². The first-order valence-corrected chi connectivity index (χ1v) is 24.4. The van der Waals surface area contributed by atoms with Crippen molar-refractivity contribution >= 4 is 0 Å². The number of hydrogen-bond donors (Lipinski definition) is 26. The summed E-state index contributed by atoms with van der Waals surface area (Å²) >= 11 is 0. The van der Waals surface area contributed by atoms with Crippen molar-refractivity contribution in [3.8, 4) is 0 Å². The monoisotopic (exact) mass is 1160 g/mol. The van der Waals surface area contributed by atoms with E-state index in [0.717, 1.165) is 0 Å². The average molecular weight is 1160 g/mol. The zero-order valence-electron chi connectivity index (χ0n) is 42.6. The highest BCUT2D eigenvalue weighted by molar-refractivity contribution is 5.14. The van der Waals surface area contributed by atoms with E-state index in [1.54, 1.807) is 13.8 Å². The predicted octanol–water partition coefficient (Wildman–Crippen LogP) is -5.25. The van der Waals surface area contributed by atoms with Crippen molar-refractivity contribution < 1.29 is 171 Å². The van der Waals surface area contributed by atoms with Crippen LogP contribution in [0.2, 0.25) is 0 Å². The van der Waals surface area contributed by atoms with Crippen molar-refractivity contribution in [1.29, 1.82) is 0 Å². The van der Waals surface area contributed by atoms with E-state index in [-0.39, 0.29) is 18.8 Å². The maximum atomic E-state index is 11.1. The van der Waals surface area contributed by atoms with Crippen molar-refractivity contribution in [1.82, 2.24) is 0 Å². The van der Waals surface area contributed by atoms with Crippen LogP contribution in [0.3, 0.4) is 0 Å². The van der Waals surface area contributed by atoms with Crippen LogP contribution >= 0.6 is 0 Å². The van der Waals surface area contributed by atoms with Crippen LogP contribution in [0.15, 0.2) is 57.6 Å². The third-order valence-electron chi connectivity index (χ3n) is 11.9. The van der Waals surface area contributed by atoms with E-state index in [0.29, 0.717) is 0 Å². The quantitative estimate of drug-likeness (QED) is 0.0773. The van der Waals surface area contributed by atoms with Gasteiger partial charge >= 0.3 is 0 Å². The topological polar surface area (TPSA) is 600 Å². The molecule has 462 valence electrons. The van der Waals surface area contributed by atoms with E-state index in [4.69, 9.17) is 37.9 Å². The molecule has 0 radical (unpaired) electrons. The molecule has 0 aromatic rings. The fourth-order valence-corrected chi connectivity index (χ4v) is 7.44. The Balaban J connectivity index is 2.86. The summed E-state index contributed by atoms with van der Waals surface area (Å²) in [5, 5.41) is 277. The molecule has 3 aliphatic heterocycles. The Hall–Kier alpha value is -4.26. The van der Waals surface area contributed by atoms with Gasteiger partial charge in [-0.25, -0.2) is 0 Å². The molecule has 19 unspecified atom stereocenters. The van der Waals surface area contributed by atoms with Crippen molar-refractivity contribution in [3.63, 3.8) is 0 Å². The summed E-state index contributed by atoms with van der Waals surface area (Å²) in [4.78, 5) is 0. The summed E-state index contributed by atoms with van der Waals surface area (Å²) in [5.41, 5.74) is 0. The number of hydrogen-bond acceptors (Lipinski definition) is 34. The lowest BCUT2D eigenvalue weighted by atomic mass is 9.98. The molecule has 26 N–H and O–H groups in total. The van der Waals surface area contributed by atoms with E-state index >= 15 is 0 Å².